The van der Waals surface area contributed by atoms with Gasteiger partial charge in [-0.1, -0.05) is 96.6 Å². The Labute approximate surface area is 168 Å². The third-order valence-corrected chi connectivity index (χ3v) is 6.64. The highest BCUT2D eigenvalue weighted by Crippen LogP contribution is 2.46. The van der Waals surface area contributed by atoms with Crippen molar-refractivity contribution in [3.63, 3.8) is 0 Å². The lowest BCUT2D eigenvalue weighted by atomic mass is 9.84. The maximum atomic E-state index is 2.33. The normalized spacial score (nSPS) is 12.3. The fourth-order valence-electron chi connectivity index (χ4n) is 5.29. The standard InChI is InChI=1S/C29H18/c1-17-5-7-18(8-6-17)22-15-16-25-23-4-2-3-19-9-10-20-11-12-21-13-14-24(22)29(25)28(21)27(20)26(19)23/h2-16H,1H3. The van der Waals surface area contributed by atoms with Crippen LogP contribution in [0.4, 0.5) is 0 Å². The van der Waals surface area contributed by atoms with Crippen molar-refractivity contribution in [2.75, 3.05) is 0 Å². The number of benzene rings is 7. The summed E-state index contributed by atoms with van der Waals surface area (Å²) in [5, 5.41) is 13.7. The molecule has 0 bridgehead atoms. The van der Waals surface area contributed by atoms with E-state index in [0.29, 0.717) is 0 Å². The molecule has 0 heteroatoms. The zero-order valence-electron chi connectivity index (χ0n) is 16.2. The summed E-state index contributed by atoms with van der Waals surface area (Å²) in [6, 6.07) is 34.0. The Kier molecular flexibility index (Phi) is 2.77. The van der Waals surface area contributed by atoms with Gasteiger partial charge in [0, 0.05) is 0 Å². The van der Waals surface area contributed by atoms with Crippen molar-refractivity contribution in [1.82, 2.24) is 0 Å². The molecule has 0 amide bonds. The number of rotatable bonds is 1. The van der Waals surface area contributed by atoms with Crippen LogP contribution in [-0.2, 0) is 0 Å². The molecule has 0 aromatic heterocycles. The Balaban J connectivity index is 1.79. The number of aryl methyl sites for hydroxylation is 1. The number of hydrogen-bond donors (Lipinski definition) is 0. The van der Waals surface area contributed by atoms with Gasteiger partial charge in [-0.25, -0.2) is 0 Å². The molecular formula is C29H18. The molecule has 7 aromatic carbocycles. The number of hydrogen-bond acceptors (Lipinski definition) is 0. The predicted octanol–water partition coefficient (Wildman–Crippen LogP) is 8.30. The summed E-state index contributed by atoms with van der Waals surface area (Å²) in [5.74, 6) is 0. The van der Waals surface area contributed by atoms with Crippen molar-refractivity contribution in [2.24, 2.45) is 0 Å². The van der Waals surface area contributed by atoms with Gasteiger partial charge in [0.15, 0.2) is 0 Å². The SMILES string of the molecule is Cc1ccc(-c2ccc3c4cccc5ccc6ccc7ccc2c3c7c6c54)cc1. The number of fused-ring (bicyclic) bond motifs is 1. The Morgan fingerprint density at radius 2 is 1.00 bits per heavy atom. The van der Waals surface area contributed by atoms with Crippen LogP contribution in [-0.4, -0.2) is 0 Å². The van der Waals surface area contributed by atoms with E-state index >= 15 is 0 Å². The van der Waals surface area contributed by atoms with Crippen LogP contribution in [0.1, 0.15) is 5.56 Å². The van der Waals surface area contributed by atoms with Gasteiger partial charge in [0.1, 0.15) is 0 Å². The van der Waals surface area contributed by atoms with Crippen molar-refractivity contribution in [1.29, 1.82) is 0 Å². The minimum atomic E-state index is 1.28. The monoisotopic (exact) mass is 366 g/mol. The fourth-order valence-corrected chi connectivity index (χ4v) is 5.29. The first-order chi connectivity index (χ1) is 14.3. The van der Waals surface area contributed by atoms with E-state index in [4.69, 9.17) is 0 Å². The van der Waals surface area contributed by atoms with Gasteiger partial charge >= 0.3 is 0 Å². The molecule has 0 aliphatic rings. The molecule has 0 aliphatic carbocycles. The van der Waals surface area contributed by atoms with Crippen LogP contribution in [0.5, 0.6) is 0 Å². The fraction of sp³-hybridized carbons (Fsp3) is 0.0345. The molecule has 0 unspecified atom stereocenters. The minimum absolute atomic E-state index is 1.28. The molecule has 0 nitrogen and oxygen atoms in total. The summed E-state index contributed by atoms with van der Waals surface area (Å²) in [6.07, 6.45) is 0. The molecule has 7 aromatic rings. The van der Waals surface area contributed by atoms with Gasteiger partial charge in [-0.15, -0.1) is 0 Å². The second kappa shape index (κ2) is 5.24. The van der Waals surface area contributed by atoms with Gasteiger partial charge in [0.25, 0.3) is 0 Å². The first-order valence-electron chi connectivity index (χ1n) is 10.2. The zero-order valence-corrected chi connectivity index (χ0v) is 16.2. The summed E-state index contributed by atoms with van der Waals surface area (Å²) < 4.78 is 0. The molecule has 134 valence electrons. The molecule has 0 heterocycles. The van der Waals surface area contributed by atoms with Crippen molar-refractivity contribution >= 4 is 53.9 Å². The Hall–Kier alpha value is -3.64. The molecule has 29 heavy (non-hydrogen) atoms. The van der Waals surface area contributed by atoms with Crippen LogP contribution in [0.2, 0.25) is 0 Å². The molecule has 7 rings (SSSR count). The van der Waals surface area contributed by atoms with Crippen LogP contribution >= 0.6 is 0 Å². The van der Waals surface area contributed by atoms with E-state index < -0.39 is 0 Å². The molecule has 0 fully saturated rings. The molecule has 0 saturated carbocycles. The average molecular weight is 366 g/mol. The van der Waals surface area contributed by atoms with Crippen molar-refractivity contribution in [3.8, 4) is 11.1 Å². The quantitative estimate of drug-likeness (QED) is 0.202. The third-order valence-electron chi connectivity index (χ3n) is 6.64. The summed E-state index contributed by atoms with van der Waals surface area (Å²) in [5.41, 5.74) is 3.89. The molecule has 0 N–H and O–H groups in total. The summed E-state index contributed by atoms with van der Waals surface area (Å²) in [7, 11) is 0. The topological polar surface area (TPSA) is 0 Å². The van der Waals surface area contributed by atoms with E-state index in [-0.39, 0.29) is 0 Å². The highest BCUT2D eigenvalue weighted by atomic mass is 14.2. The minimum Gasteiger partial charge on any atom is -0.0610 e. The largest absolute Gasteiger partial charge is 0.0610 e. The predicted molar refractivity (Wildman–Crippen MR) is 127 cm³/mol. The second-order valence-electron chi connectivity index (χ2n) is 8.25. The first kappa shape index (κ1) is 15.3. The van der Waals surface area contributed by atoms with E-state index in [1.54, 1.807) is 0 Å². The van der Waals surface area contributed by atoms with E-state index in [1.165, 1.54) is 70.6 Å². The van der Waals surface area contributed by atoms with Crippen molar-refractivity contribution in [2.45, 2.75) is 6.92 Å². The van der Waals surface area contributed by atoms with E-state index in [1.807, 2.05) is 0 Å². The Bertz CT molecular complexity index is 1680. The van der Waals surface area contributed by atoms with Crippen LogP contribution < -0.4 is 0 Å². The molecule has 0 saturated heterocycles. The highest BCUT2D eigenvalue weighted by molar-refractivity contribution is 6.40. The maximum Gasteiger partial charge on any atom is -0.00139 e. The van der Waals surface area contributed by atoms with E-state index in [2.05, 4.69) is 97.9 Å². The van der Waals surface area contributed by atoms with Gasteiger partial charge in [-0.3, -0.25) is 0 Å². The highest BCUT2D eigenvalue weighted by Gasteiger charge is 2.18. The van der Waals surface area contributed by atoms with Gasteiger partial charge in [-0.05, 0) is 71.9 Å². The average Bonchev–Trinajstić information content (AvgIpc) is 2.77. The molecular weight excluding hydrogens is 348 g/mol. The molecule has 0 atom stereocenters. The van der Waals surface area contributed by atoms with Crippen molar-refractivity contribution < 1.29 is 0 Å². The lowest BCUT2D eigenvalue weighted by Crippen LogP contribution is -1.91. The maximum absolute atomic E-state index is 2.33. The lowest BCUT2D eigenvalue weighted by molar-refractivity contribution is 1.47. The Morgan fingerprint density at radius 1 is 0.414 bits per heavy atom. The summed E-state index contributed by atoms with van der Waals surface area (Å²) in [6.45, 7) is 2.14. The van der Waals surface area contributed by atoms with Gasteiger partial charge in [0.2, 0.25) is 0 Å². The van der Waals surface area contributed by atoms with E-state index in [0.717, 1.165) is 0 Å². The smallest absolute Gasteiger partial charge is 0.00139 e. The van der Waals surface area contributed by atoms with Crippen LogP contribution in [0, 0.1) is 6.92 Å². The summed E-state index contributed by atoms with van der Waals surface area (Å²) in [4.78, 5) is 0. The van der Waals surface area contributed by atoms with Gasteiger partial charge in [-0.2, -0.15) is 0 Å². The lowest BCUT2D eigenvalue weighted by Gasteiger charge is -2.19. The van der Waals surface area contributed by atoms with Gasteiger partial charge < -0.3 is 0 Å². The third kappa shape index (κ3) is 1.89. The van der Waals surface area contributed by atoms with Gasteiger partial charge in [0.05, 0.1) is 0 Å². The summed E-state index contributed by atoms with van der Waals surface area (Å²) >= 11 is 0. The molecule has 0 radical (unpaired) electrons. The first-order valence-corrected chi connectivity index (χ1v) is 10.2. The zero-order chi connectivity index (χ0) is 19.1. The van der Waals surface area contributed by atoms with Crippen LogP contribution in [0.3, 0.4) is 0 Å². The molecule has 0 spiro atoms. The van der Waals surface area contributed by atoms with Crippen LogP contribution in [0.25, 0.3) is 65.0 Å². The van der Waals surface area contributed by atoms with Crippen LogP contribution in [0.15, 0.2) is 91.0 Å². The van der Waals surface area contributed by atoms with Crippen molar-refractivity contribution in [3.05, 3.63) is 96.6 Å². The molecule has 0 aliphatic heterocycles. The van der Waals surface area contributed by atoms with E-state index in [9.17, 15) is 0 Å². The Morgan fingerprint density at radius 3 is 1.76 bits per heavy atom. The second-order valence-corrected chi connectivity index (χ2v) is 8.25.